The lowest BCUT2D eigenvalue weighted by molar-refractivity contribution is 0.676. The topological polar surface area (TPSA) is 49.8 Å². The highest BCUT2D eigenvalue weighted by Crippen LogP contribution is 2.26. The van der Waals surface area contributed by atoms with Crippen LogP contribution in [0.5, 0.6) is 0 Å². The average molecular weight is 280 g/mol. The lowest BCUT2D eigenvalue weighted by Crippen LogP contribution is -2.21. The van der Waals surface area contributed by atoms with E-state index in [1.54, 1.807) is 0 Å². The largest absolute Gasteiger partial charge is 0.373 e. The van der Waals surface area contributed by atoms with Crippen molar-refractivity contribution in [2.75, 3.05) is 30.0 Å². The molecule has 2 heterocycles. The molecule has 0 aliphatic carbocycles. The molecule has 2 N–H and O–H groups in total. The Morgan fingerprint density at radius 3 is 2.68 bits per heavy atom. The molecule has 1 fully saturated rings. The summed E-state index contributed by atoms with van der Waals surface area (Å²) in [4.78, 5) is 9.11. The fraction of sp³-hybridized carbons (Fsp3) is 0.714. The first-order valence-corrected chi connectivity index (χ1v) is 8.20. The molecule has 0 spiro atoms. The molecule has 0 amide bonds. The van der Waals surface area contributed by atoms with Crippen LogP contribution >= 0.6 is 11.8 Å². The summed E-state index contributed by atoms with van der Waals surface area (Å²) >= 11 is 2.09. The van der Waals surface area contributed by atoms with Gasteiger partial charge in [0.25, 0.3) is 0 Å². The lowest BCUT2D eigenvalue weighted by Gasteiger charge is -2.22. The van der Waals surface area contributed by atoms with Gasteiger partial charge in [0.15, 0.2) is 0 Å². The van der Waals surface area contributed by atoms with Gasteiger partial charge in [0.05, 0.1) is 0 Å². The predicted molar refractivity (Wildman–Crippen MR) is 84.3 cm³/mol. The van der Waals surface area contributed by atoms with Crippen molar-refractivity contribution in [3.63, 3.8) is 0 Å². The smallest absolute Gasteiger partial charge is 0.134 e. The zero-order valence-electron chi connectivity index (χ0n) is 12.1. The summed E-state index contributed by atoms with van der Waals surface area (Å²) in [6.07, 6.45) is 4.92. The fourth-order valence-corrected chi connectivity index (χ4v) is 3.55. The molecule has 1 aliphatic heterocycles. The second kappa shape index (κ2) is 6.98. The molecule has 1 aromatic rings. The third kappa shape index (κ3) is 3.75. The monoisotopic (exact) mass is 280 g/mol. The Labute approximate surface area is 120 Å². The summed E-state index contributed by atoms with van der Waals surface area (Å²) in [7, 11) is 1.91. The number of aryl methyl sites for hydroxylation is 1. The van der Waals surface area contributed by atoms with Crippen LogP contribution in [-0.2, 0) is 6.42 Å². The number of aromatic nitrogens is 2. The molecule has 106 valence electrons. The van der Waals surface area contributed by atoms with E-state index in [0.717, 1.165) is 41.2 Å². The zero-order chi connectivity index (χ0) is 13.7. The van der Waals surface area contributed by atoms with E-state index in [1.807, 2.05) is 7.05 Å². The van der Waals surface area contributed by atoms with Crippen LogP contribution in [0.2, 0.25) is 0 Å². The summed E-state index contributed by atoms with van der Waals surface area (Å²) < 4.78 is 0. The van der Waals surface area contributed by atoms with Crippen LogP contribution in [0.4, 0.5) is 11.6 Å². The molecule has 19 heavy (non-hydrogen) atoms. The Kier molecular flexibility index (Phi) is 5.31. The number of rotatable bonds is 5. The molecule has 1 aliphatic rings. The summed E-state index contributed by atoms with van der Waals surface area (Å²) in [6, 6.07) is 0. The number of nitrogens with zero attached hydrogens (tertiary/aromatic N) is 2. The van der Waals surface area contributed by atoms with E-state index in [0.29, 0.717) is 0 Å². The van der Waals surface area contributed by atoms with Crippen LogP contribution in [-0.4, -0.2) is 34.6 Å². The predicted octanol–water partition coefficient (Wildman–Crippen LogP) is 3.09. The van der Waals surface area contributed by atoms with E-state index in [1.165, 1.54) is 25.0 Å². The molecule has 0 saturated carbocycles. The summed E-state index contributed by atoms with van der Waals surface area (Å²) in [5.41, 5.74) is 1.11. The van der Waals surface area contributed by atoms with E-state index < -0.39 is 0 Å². The van der Waals surface area contributed by atoms with Crippen molar-refractivity contribution in [3.8, 4) is 0 Å². The maximum absolute atomic E-state index is 4.61. The van der Waals surface area contributed by atoms with Crippen molar-refractivity contribution in [2.24, 2.45) is 0 Å². The van der Waals surface area contributed by atoms with Gasteiger partial charge in [-0.05, 0) is 25.5 Å². The van der Waals surface area contributed by atoms with Crippen molar-refractivity contribution in [2.45, 2.75) is 44.8 Å². The maximum atomic E-state index is 4.61. The number of thioether (sulfide) groups is 1. The Hall–Kier alpha value is -0.970. The maximum Gasteiger partial charge on any atom is 0.134 e. The Bertz CT molecular complexity index is 416. The van der Waals surface area contributed by atoms with Gasteiger partial charge in [0.2, 0.25) is 0 Å². The molecule has 1 saturated heterocycles. The van der Waals surface area contributed by atoms with Gasteiger partial charge in [0, 0.05) is 30.8 Å². The zero-order valence-corrected chi connectivity index (χ0v) is 12.9. The van der Waals surface area contributed by atoms with E-state index >= 15 is 0 Å². The van der Waals surface area contributed by atoms with Crippen molar-refractivity contribution in [1.29, 1.82) is 0 Å². The van der Waals surface area contributed by atoms with E-state index in [-0.39, 0.29) is 0 Å². The van der Waals surface area contributed by atoms with Crippen molar-refractivity contribution < 1.29 is 0 Å². The van der Waals surface area contributed by atoms with Gasteiger partial charge in [-0.25, -0.2) is 9.97 Å². The lowest BCUT2D eigenvalue weighted by atomic mass is 10.2. The van der Waals surface area contributed by atoms with Gasteiger partial charge >= 0.3 is 0 Å². The number of hydrogen-bond acceptors (Lipinski definition) is 5. The van der Waals surface area contributed by atoms with Gasteiger partial charge in [0.1, 0.15) is 17.5 Å². The molecule has 1 unspecified atom stereocenters. The van der Waals surface area contributed by atoms with Gasteiger partial charge < -0.3 is 10.6 Å². The summed E-state index contributed by atoms with van der Waals surface area (Å²) in [6.45, 7) is 5.17. The fourth-order valence-electron chi connectivity index (χ4n) is 2.32. The Morgan fingerprint density at radius 2 is 2.05 bits per heavy atom. The Morgan fingerprint density at radius 1 is 1.26 bits per heavy atom. The van der Waals surface area contributed by atoms with E-state index in [2.05, 4.69) is 46.2 Å². The molecule has 0 bridgehead atoms. The highest BCUT2D eigenvalue weighted by molar-refractivity contribution is 7.99. The molecular formula is C14H24N4S. The summed E-state index contributed by atoms with van der Waals surface area (Å²) in [5.74, 6) is 4.12. The molecule has 5 heteroatoms. The number of anilines is 2. The van der Waals surface area contributed by atoms with Crippen LogP contribution in [0.1, 0.15) is 37.6 Å². The van der Waals surface area contributed by atoms with Gasteiger partial charge in [-0.2, -0.15) is 11.8 Å². The second-order valence-corrected chi connectivity index (χ2v) is 6.34. The van der Waals surface area contributed by atoms with Crippen LogP contribution in [0, 0.1) is 6.92 Å². The third-order valence-electron chi connectivity index (χ3n) is 3.52. The van der Waals surface area contributed by atoms with Crippen molar-refractivity contribution >= 4 is 23.4 Å². The highest BCUT2D eigenvalue weighted by atomic mass is 32.2. The van der Waals surface area contributed by atoms with Gasteiger partial charge in [-0.3, -0.25) is 0 Å². The minimum Gasteiger partial charge on any atom is -0.373 e. The Balaban J connectivity index is 2.05. The minimum absolute atomic E-state index is 0.728. The van der Waals surface area contributed by atoms with Gasteiger partial charge in [-0.1, -0.05) is 13.3 Å². The minimum atomic E-state index is 0.728. The van der Waals surface area contributed by atoms with Crippen LogP contribution in [0.25, 0.3) is 0 Å². The quantitative estimate of drug-likeness (QED) is 0.868. The molecule has 1 aromatic heterocycles. The van der Waals surface area contributed by atoms with Crippen LogP contribution in [0.3, 0.4) is 0 Å². The normalized spacial score (nSPS) is 19.2. The van der Waals surface area contributed by atoms with Crippen LogP contribution in [0.15, 0.2) is 0 Å². The summed E-state index contributed by atoms with van der Waals surface area (Å²) in [5, 5.41) is 7.40. The molecule has 0 aromatic carbocycles. The van der Waals surface area contributed by atoms with Crippen LogP contribution < -0.4 is 10.6 Å². The number of hydrogen-bond donors (Lipinski definition) is 2. The van der Waals surface area contributed by atoms with E-state index in [4.69, 9.17) is 0 Å². The first kappa shape index (κ1) is 14.4. The SMILES string of the molecule is CCc1nc(NC)c(C)c(NCC2CCCCS2)n1. The van der Waals surface area contributed by atoms with Crippen molar-refractivity contribution in [3.05, 3.63) is 11.4 Å². The van der Waals surface area contributed by atoms with Gasteiger partial charge in [-0.15, -0.1) is 0 Å². The van der Waals surface area contributed by atoms with Crippen molar-refractivity contribution in [1.82, 2.24) is 9.97 Å². The molecule has 0 radical (unpaired) electrons. The third-order valence-corrected chi connectivity index (χ3v) is 4.91. The van der Waals surface area contributed by atoms with E-state index in [9.17, 15) is 0 Å². The first-order chi connectivity index (χ1) is 9.24. The highest BCUT2D eigenvalue weighted by Gasteiger charge is 2.15. The molecular weight excluding hydrogens is 256 g/mol. The number of nitrogens with one attached hydrogen (secondary N) is 2. The standard InChI is InChI=1S/C14H24N4S/c1-4-12-17-13(15-3)10(2)14(18-12)16-9-11-7-5-6-8-19-11/h11H,4-9H2,1-3H3,(H2,15,16,17,18). The first-order valence-electron chi connectivity index (χ1n) is 7.15. The molecule has 1 atom stereocenters. The second-order valence-electron chi connectivity index (χ2n) is 4.94. The molecule has 4 nitrogen and oxygen atoms in total. The molecule has 2 rings (SSSR count). The average Bonchev–Trinajstić information content (AvgIpc) is 2.47.